The van der Waals surface area contributed by atoms with Crippen LogP contribution >= 0.6 is 11.6 Å². The summed E-state index contributed by atoms with van der Waals surface area (Å²) >= 11 is 5.99. The van der Waals surface area contributed by atoms with Crippen LogP contribution in [-0.2, 0) is 22.9 Å². The van der Waals surface area contributed by atoms with Gasteiger partial charge in [-0.2, -0.15) is 0 Å². The zero-order chi connectivity index (χ0) is 22.3. The Hall–Kier alpha value is -2.68. The largest absolute Gasteiger partial charge is 0.364 e. The summed E-state index contributed by atoms with van der Waals surface area (Å²) in [7, 11) is -3.43. The summed E-state index contributed by atoms with van der Waals surface area (Å²) < 4.78 is 26.4. The number of hydrogen-bond donors (Lipinski definition) is 2. The second-order valence-corrected chi connectivity index (χ2v) is 9.62. The molecule has 0 aliphatic heterocycles. The zero-order valence-corrected chi connectivity index (χ0v) is 18.8. The van der Waals surface area contributed by atoms with Crippen molar-refractivity contribution >= 4 is 27.3 Å². The number of nitrogens with one attached hydrogen (secondary N) is 2. The van der Waals surface area contributed by atoms with Gasteiger partial charge in [0.15, 0.2) is 15.7 Å². The van der Waals surface area contributed by atoms with Crippen LogP contribution in [0, 0.1) is 6.92 Å². The highest BCUT2D eigenvalue weighted by atomic mass is 35.5. The van der Waals surface area contributed by atoms with Crippen LogP contribution in [0.5, 0.6) is 0 Å². The molecule has 2 N–H and O–H groups in total. The number of anilines is 1. The van der Waals surface area contributed by atoms with Gasteiger partial charge in [-0.05, 0) is 36.8 Å². The Morgan fingerprint density at radius 3 is 2.58 bits per heavy atom. The van der Waals surface area contributed by atoms with Crippen LogP contribution in [-0.4, -0.2) is 36.8 Å². The Kier molecular flexibility index (Phi) is 7.84. The van der Waals surface area contributed by atoms with Crippen LogP contribution in [0.15, 0.2) is 70.5 Å². The molecule has 1 heterocycles. The number of sulfone groups is 1. The molecule has 0 saturated heterocycles. The van der Waals surface area contributed by atoms with E-state index in [0.717, 1.165) is 11.3 Å². The summed E-state index contributed by atoms with van der Waals surface area (Å²) in [5.41, 5.74) is 1.52. The molecule has 31 heavy (non-hydrogen) atoms. The molecule has 0 spiro atoms. The highest BCUT2D eigenvalue weighted by Gasteiger charge is 2.14. The third kappa shape index (κ3) is 6.40. The van der Waals surface area contributed by atoms with E-state index in [1.54, 1.807) is 41.1 Å². The Morgan fingerprint density at radius 2 is 1.84 bits per heavy atom. The SMILES string of the molecule is Cc1cnc(NCCS(=O)(=O)c2ccccc2)c(=O)n1CCNCc1cccc(Cl)c1. The van der Waals surface area contributed by atoms with Gasteiger partial charge in [0.05, 0.1) is 10.6 Å². The number of rotatable bonds is 10. The summed E-state index contributed by atoms with van der Waals surface area (Å²) in [6.45, 7) is 3.59. The molecule has 3 rings (SSSR count). The first kappa shape index (κ1) is 23.0. The van der Waals surface area contributed by atoms with Crippen molar-refractivity contribution in [2.24, 2.45) is 0 Å². The van der Waals surface area contributed by atoms with Crippen molar-refractivity contribution in [1.82, 2.24) is 14.9 Å². The summed E-state index contributed by atoms with van der Waals surface area (Å²) in [6, 6.07) is 15.8. The molecule has 164 valence electrons. The highest BCUT2D eigenvalue weighted by Crippen LogP contribution is 2.11. The van der Waals surface area contributed by atoms with Gasteiger partial charge in [-0.3, -0.25) is 4.79 Å². The van der Waals surface area contributed by atoms with E-state index in [9.17, 15) is 13.2 Å². The summed E-state index contributed by atoms with van der Waals surface area (Å²) in [6.07, 6.45) is 1.60. The minimum atomic E-state index is -3.43. The van der Waals surface area contributed by atoms with E-state index < -0.39 is 9.84 Å². The van der Waals surface area contributed by atoms with Gasteiger partial charge < -0.3 is 15.2 Å². The maximum atomic E-state index is 12.8. The highest BCUT2D eigenvalue weighted by molar-refractivity contribution is 7.91. The molecule has 0 atom stereocenters. The fraction of sp³-hybridized carbons (Fsp3) is 0.273. The summed E-state index contributed by atoms with van der Waals surface area (Å²) in [4.78, 5) is 17.2. The van der Waals surface area contributed by atoms with Gasteiger partial charge in [0.25, 0.3) is 5.56 Å². The van der Waals surface area contributed by atoms with Gasteiger partial charge in [0, 0.05) is 43.1 Å². The summed E-state index contributed by atoms with van der Waals surface area (Å²) in [5.74, 6) is 0.0106. The van der Waals surface area contributed by atoms with Crippen LogP contribution in [0.2, 0.25) is 5.02 Å². The average Bonchev–Trinajstić information content (AvgIpc) is 2.75. The molecule has 1 aromatic heterocycles. The molecule has 0 bridgehead atoms. The molecule has 0 aliphatic rings. The van der Waals surface area contributed by atoms with Crippen LogP contribution in [0.3, 0.4) is 0 Å². The second kappa shape index (κ2) is 10.6. The van der Waals surface area contributed by atoms with Crippen LogP contribution in [0.4, 0.5) is 5.82 Å². The molecule has 0 radical (unpaired) electrons. The van der Waals surface area contributed by atoms with Crippen LogP contribution in [0.1, 0.15) is 11.3 Å². The fourth-order valence-corrected chi connectivity index (χ4v) is 4.48. The van der Waals surface area contributed by atoms with E-state index >= 15 is 0 Å². The van der Waals surface area contributed by atoms with Crippen molar-refractivity contribution in [2.45, 2.75) is 24.9 Å². The predicted molar refractivity (Wildman–Crippen MR) is 123 cm³/mol. The lowest BCUT2D eigenvalue weighted by atomic mass is 10.2. The smallest absolute Gasteiger partial charge is 0.293 e. The third-order valence-electron chi connectivity index (χ3n) is 4.75. The molecule has 9 heteroatoms. The lowest BCUT2D eigenvalue weighted by molar-refractivity contribution is 0.573. The van der Waals surface area contributed by atoms with E-state index in [2.05, 4.69) is 15.6 Å². The lowest BCUT2D eigenvalue weighted by Gasteiger charge is -2.13. The minimum absolute atomic E-state index is 0.0928. The Balaban J connectivity index is 1.57. The molecule has 0 amide bonds. The molecule has 0 unspecified atom stereocenters. The van der Waals surface area contributed by atoms with Gasteiger partial charge in [-0.25, -0.2) is 13.4 Å². The average molecular weight is 461 g/mol. The predicted octanol–water partition coefficient (Wildman–Crippen LogP) is 2.88. The maximum Gasteiger partial charge on any atom is 0.293 e. The van der Waals surface area contributed by atoms with E-state index in [-0.39, 0.29) is 28.6 Å². The van der Waals surface area contributed by atoms with Crippen molar-refractivity contribution in [3.05, 3.63) is 87.4 Å². The first-order valence-electron chi connectivity index (χ1n) is 9.90. The molecule has 0 aliphatic carbocycles. The fourth-order valence-electron chi connectivity index (χ4n) is 3.09. The second-order valence-electron chi connectivity index (χ2n) is 7.07. The van der Waals surface area contributed by atoms with E-state index in [4.69, 9.17) is 11.6 Å². The molecule has 0 saturated carbocycles. The third-order valence-corrected chi connectivity index (χ3v) is 6.72. The quantitative estimate of drug-likeness (QED) is 0.452. The van der Waals surface area contributed by atoms with Gasteiger partial charge >= 0.3 is 0 Å². The van der Waals surface area contributed by atoms with E-state index in [0.29, 0.717) is 24.7 Å². The Morgan fingerprint density at radius 1 is 1.06 bits per heavy atom. The molecular weight excluding hydrogens is 436 g/mol. The standard InChI is InChI=1S/C22H25ClN4O3S/c1-17-15-26-21(25-11-13-31(29,30)20-8-3-2-4-9-20)22(28)27(17)12-10-24-16-18-6-5-7-19(23)14-18/h2-9,14-15,24H,10-13,16H2,1H3,(H,25,26). The van der Waals surface area contributed by atoms with Gasteiger partial charge in [0.1, 0.15) is 0 Å². The molecule has 2 aromatic carbocycles. The number of benzene rings is 2. The Bertz CT molecular complexity index is 1180. The number of aryl methyl sites for hydroxylation is 1. The van der Waals surface area contributed by atoms with Crippen molar-refractivity contribution in [3.8, 4) is 0 Å². The van der Waals surface area contributed by atoms with Crippen molar-refractivity contribution in [2.75, 3.05) is 24.2 Å². The van der Waals surface area contributed by atoms with Crippen molar-refractivity contribution in [1.29, 1.82) is 0 Å². The monoisotopic (exact) mass is 460 g/mol. The maximum absolute atomic E-state index is 12.8. The molecular formula is C22H25ClN4O3S. The van der Waals surface area contributed by atoms with Gasteiger partial charge in [-0.1, -0.05) is 41.9 Å². The van der Waals surface area contributed by atoms with E-state index in [1.165, 1.54) is 0 Å². The van der Waals surface area contributed by atoms with Crippen LogP contribution in [0.25, 0.3) is 0 Å². The first-order valence-corrected chi connectivity index (χ1v) is 11.9. The number of aromatic nitrogens is 2. The number of hydrogen-bond acceptors (Lipinski definition) is 6. The topological polar surface area (TPSA) is 93.1 Å². The van der Waals surface area contributed by atoms with Crippen LogP contribution < -0.4 is 16.2 Å². The van der Waals surface area contributed by atoms with Gasteiger partial charge in [-0.15, -0.1) is 0 Å². The summed E-state index contributed by atoms with van der Waals surface area (Å²) in [5, 5.41) is 6.85. The molecule has 0 fully saturated rings. The minimum Gasteiger partial charge on any atom is -0.364 e. The molecule has 3 aromatic rings. The normalized spacial score (nSPS) is 11.4. The van der Waals surface area contributed by atoms with E-state index in [1.807, 2.05) is 31.2 Å². The van der Waals surface area contributed by atoms with Crippen molar-refractivity contribution in [3.63, 3.8) is 0 Å². The van der Waals surface area contributed by atoms with Gasteiger partial charge in [0.2, 0.25) is 0 Å². The number of halogens is 1. The lowest BCUT2D eigenvalue weighted by Crippen LogP contribution is -2.31. The Labute approximate surface area is 187 Å². The first-order chi connectivity index (χ1) is 14.9. The number of nitrogens with zero attached hydrogens (tertiary/aromatic N) is 2. The molecule has 7 nitrogen and oxygen atoms in total. The van der Waals surface area contributed by atoms with Crippen molar-refractivity contribution < 1.29 is 8.42 Å². The zero-order valence-electron chi connectivity index (χ0n) is 17.2.